The van der Waals surface area contributed by atoms with E-state index in [4.69, 9.17) is 0 Å². The maximum atomic E-state index is 11.3. The molecule has 1 aliphatic carbocycles. The zero-order valence-electron chi connectivity index (χ0n) is 12.2. The highest BCUT2D eigenvalue weighted by atomic mass is 16.1. The summed E-state index contributed by atoms with van der Waals surface area (Å²) in [6.07, 6.45) is 6.11. The van der Waals surface area contributed by atoms with E-state index in [1.54, 1.807) is 17.9 Å². The molecule has 0 unspecified atom stereocenters. The monoisotopic (exact) mass is 264 g/mol. The van der Waals surface area contributed by atoms with Gasteiger partial charge in [0.1, 0.15) is 6.54 Å². The topological polar surface area (TPSA) is 59.0 Å². The van der Waals surface area contributed by atoms with Crippen LogP contribution in [-0.4, -0.2) is 28.8 Å². The van der Waals surface area contributed by atoms with Crippen LogP contribution in [-0.2, 0) is 11.3 Å². The minimum atomic E-state index is -0.0370. The Balaban J connectivity index is 1.95. The number of carbonyl (C=O) groups is 1. The second kappa shape index (κ2) is 5.23. The second-order valence-corrected chi connectivity index (χ2v) is 6.40. The molecule has 0 aromatic carbocycles. The van der Waals surface area contributed by atoms with Gasteiger partial charge in [-0.2, -0.15) is 5.10 Å². The van der Waals surface area contributed by atoms with Crippen molar-refractivity contribution in [1.29, 1.82) is 0 Å². The fourth-order valence-corrected chi connectivity index (χ4v) is 3.05. The Hall–Kier alpha value is -1.52. The molecule has 1 heterocycles. The number of likely N-dealkylation sites (N-methyl/N-ethyl adjacent to an activating group) is 1. The van der Waals surface area contributed by atoms with Crippen molar-refractivity contribution in [3.8, 4) is 0 Å². The van der Waals surface area contributed by atoms with Gasteiger partial charge in [-0.1, -0.05) is 20.8 Å². The van der Waals surface area contributed by atoms with Gasteiger partial charge in [0.25, 0.3) is 0 Å². The van der Waals surface area contributed by atoms with E-state index in [1.165, 1.54) is 12.8 Å². The van der Waals surface area contributed by atoms with Crippen molar-refractivity contribution in [2.45, 2.75) is 46.2 Å². The van der Waals surface area contributed by atoms with Crippen molar-refractivity contribution in [3.05, 3.63) is 12.4 Å². The molecular weight excluding hydrogens is 240 g/mol. The molecule has 2 rings (SSSR count). The normalized spacial score (nSPS) is 25.3. The van der Waals surface area contributed by atoms with Gasteiger partial charge >= 0.3 is 0 Å². The first-order valence-electron chi connectivity index (χ1n) is 6.89. The molecule has 2 atom stereocenters. The van der Waals surface area contributed by atoms with E-state index in [9.17, 15) is 4.79 Å². The number of amides is 1. The number of carbonyl (C=O) groups excluding carboxylic acids is 1. The number of nitrogens with zero attached hydrogens (tertiary/aromatic N) is 2. The molecule has 1 saturated carbocycles. The molecule has 0 aliphatic heterocycles. The molecule has 0 spiro atoms. The molecule has 1 amide bonds. The van der Waals surface area contributed by atoms with E-state index >= 15 is 0 Å². The summed E-state index contributed by atoms with van der Waals surface area (Å²) < 4.78 is 1.66. The molecule has 5 heteroatoms. The molecule has 1 aromatic heterocycles. The van der Waals surface area contributed by atoms with E-state index in [1.807, 2.05) is 6.20 Å². The summed E-state index contributed by atoms with van der Waals surface area (Å²) in [4.78, 5) is 11.3. The summed E-state index contributed by atoms with van der Waals surface area (Å²) in [5, 5.41) is 10.3. The molecule has 0 saturated heterocycles. The molecule has 1 aromatic rings. The SMILES string of the molecule is CNC(=O)Cn1cc(N[C@@H]2CC(C)(C)C[C@H]2C)cn1. The highest BCUT2D eigenvalue weighted by molar-refractivity contribution is 5.75. The van der Waals surface area contributed by atoms with E-state index in [0.717, 1.165) is 5.69 Å². The van der Waals surface area contributed by atoms with E-state index < -0.39 is 0 Å². The first-order valence-corrected chi connectivity index (χ1v) is 6.89. The minimum Gasteiger partial charge on any atom is -0.379 e. The van der Waals surface area contributed by atoms with Gasteiger partial charge in [-0.05, 0) is 24.2 Å². The summed E-state index contributed by atoms with van der Waals surface area (Å²) >= 11 is 0. The van der Waals surface area contributed by atoms with Crippen molar-refractivity contribution in [3.63, 3.8) is 0 Å². The molecule has 5 nitrogen and oxygen atoms in total. The molecule has 2 N–H and O–H groups in total. The van der Waals surface area contributed by atoms with Crippen LogP contribution in [0.5, 0.6) is 0 Å². The lowest BCUT2D eigenvalue weighted by Gasteiger charge is -2.18. The number of nitrogens with one attached hydrogen (secondary N) is 2. The third kappa shape index (κ3) is 3.49. The zero-order chi connectivity index (χ0) is 14.0. The summed E-state index contributed by atoms with van der Waals surface area (Å²) in [7, 11) is 1.63. The van der Waals surface area contributed by atoms with Crippen LogP contribution in [0.4, 0.5) is 5.69 Å². The lowest BCUT2D eigenvalue weighted by Crippen LogP contribution is -2.24. The van der Waals surface area contributed by atoms with Crippen LogP contribution in [0.15, 0.2) is 12.4 Å². The van der Waals surface area contributed by atoms with Gasteiger partial charge in [0.2, 0.25) is 5.91 Å². The molecular formula is C14H24N4O. The van der Waals surface area contributed by atoms with Crippen LogP contribution in [0, 0.1) is 11.3 Å². The van der Waals surface area contributed by atoms with Crippen LogP contribution in [0.25, 0.3) is 0 Å². The highest BCUT2D eigenvalue weighted by Gasteiger charge is 2.36. The molecule has 19 heavy (non-hydrogen) atoms. The van der Waals surface area contributed by atoms with Crippen molar-refractivity contribution in [1.82, 2.24) is 15.1 Å². The van der Waals surface area contributed by atoms with Crippen LogP contribution in [0.3, 0.4) is 0 Å². The number of rotatable bonds is 4. The fourth-order valence-electron chi connectivity index (χ4n) is 3.05. The first kappa shape index (κ1) is 13.9. The Morgan fingerprint density at radius 2 is 2.26 bits per heavy atom. The predicted molar refractivity (Wildman–Crippen MR) is 75.9 cm³/mol. The third-order valence-corrected chi connectivity index (χ3v) is 3.90. The Morgan fingerprint density at radius 1 is 1.53 bits per heavy atom. The average molecular weight is 264 g/mol. The average Bonchev–Trinajstić information content (AvgIpc) is 2.84. The van der Waals surface area contributed by atoms with Crippen LogP contribution >= 0.6 is 0 Å². The van der Waals surface area contributed by atoms with Gasteiger partial charge in [-0.25, -0.2) is 0 Å². The Kier molecular flexibility index (Phi) is 3.83. The second-order valence-electron chi connectivity index (χ2n) is 6.40. The van der Waals surface area contributed by atoms with E-state index in [2.05, 4.69) is 36.5 Å². The third-order valence-electron chi connectivity index (χ3n) is 3.90. The predicted octanol–water partition coefficient (Wildman–Crippen LogP) is 1.87. The van der Waals surface area contributed by atoms with E-state index in [0.29, 0.717) is 17.4 Å². The number of hydrogen-bond donors (Lipinski definition) is 2. The Bertz CT molecular complexity index is 452. The maximum absolute atomic E-state index is 11.3. The Labute approximate surface area is 114 Å². The molecule has 1 fully saturated rings. The zero-order valence-corrected chi connectivity index (χ0v) is 12.2. The first-order chi connectivity index (χ1) is 8.89. The van der Waals surface area contributed by atoms with Crippen molar-refractivity contribution in [2.24, 2.45) is 11.3 Å². The standard InChI is InChI=1S/C14H24N4O/c1-10-5-14(2,3)6-12(10)17-11-7-16-18(8-11)9-13(19)15-4/h7-8,10,12,17H,5-6,9H2,1-4H3,(H,15,19)/t10-,12-/m1/s1. The molecule has 0 radical (unpaired) electrons. The highest BCUT2D eigenvalue weighted by Crippen LogP contribution is 2.41. The molecule has 1 aliphatic rings. The summed E-state index contributed by atoms with van der Waals surface area (Å²) in [5.41, 5.74) is 1.41. The van der Waals surface area contributed by atoms with Crippen molar-refractivity contribution >= 4 is 11.6 Å². The van der Waals surface area contributed by atoms with Gasteiger partial charge in [0.15, 0.2) is 0 Å². The summed E-state index contributed by atoms with van der Waals surface area (Å²) in [5.74, 6) is 0.627. The van der Waals surface area contributed by atoms with Gasteiger partial charge in [0, 0.05) is 19.3 Å². The lowest BCUT2D eigenvalue weighted by molar-refractivity contribution is -0.121. The lowest BCUT2D eigenvalue weighted by atomic mass is 9.91. The number of hydrogen-bond acceptors (Lipinski definition) is 3. The van der Waals surface area contributed by atoms with Crippen LogP contribution in [0.2, 0.25) is 0 Å². The maximum Gasteiger partial charge on any atom is 0.241 e. The van der Waals surface area contributed by atoms with Crippen LogP contribution < -0.4 is 10.6 Å². The summed E-state index contributed by atoms with van der Waals surface area (Å²) in [6.45, 7) is 7.20. The smallest absolute Gasteiger partial charge is 0.241 e. The quantitative estimate of drug-likeness (QED) is 0.872. The summed E-state index contributed by atoms with van der Waals surface area (Å²) in [6, 6.07) is 0.493. The number of aromatic nitrogens is 2. The molecule has 0 bridgehead atoms. The van der Waals surface area contributed by atoms with E-state index in [-0.39, 0.29) is 12.5 Å². The van der Waals surface area contributed by atoms with Crippen LogP contribution in [0.1, 0.15) is 33.6 Å². The minimum absolute atomic E-state index is 0.0370. The Morgan fingerprint density at radius 3 is 2.84 bits per heavy atom. The van der Waals surface area contributed by atoms with Gasteiger partial charge in [-0.3, -0.25) is 9.48 Å². The van der Waals surface area contributed by atoms with Crippen molar-refractivity contribution in [2.75, 3.05) is 12.4 Å². The van der Waals surface area contributed by atoms with Gasteiger partial charge < -0.3 is 10.6 Å². The largest absolute Gasteiger partial charge is 0.379 e. The van der Waals surface area contributed by atoms with Gasteiger partial charge in [-0.15, -0.1) is 0 Å². The van der Waals surface area contributed by atoms with Crippen molar-refractivity contribution < 1.29 is 4.79 Å². The fraction of sp³-hybridized carbons (Fsp3) is 0.714. The molecule has 106 valence electrons. The van der Waals surface area contributed by atoms with Gasteiger partial charge in [0.05, 0.1) is 11.9 Å². The number of anilines is 1.